The van der Waals surface area contributed by atoms with Gasteiger partial charge in [0.15, 0.2) is 0 Å². The van der Waals surface area contributed by atoms with Crippen LogP contribution in [-0.2, 0) is 11.2 Å². The normalized spacial score (nSPS) is 16.8. The number of imidazole rings is 1. The van der Waals surface area contributed by atoms with Gasteiger partial charge in [-0.25, -0.2) is 4.98 Å². The molecule has 4 aromatic rings. The number of carbonyl (C=O) groups is 1. The van der Waals surface area contributed by atoms with Gasteiger partial charge in [-0.2, -0.15) is 4.98 Å². The number of pyridine rings is 1. The number of aromatic nitrogens is 5. The second-order valence-corrected chi connectivity index (χ2v) is 7.54. The lowest BCUT2D eigenvalue weighted by Crippen LogP contribution is -2.39. The van der Waals surface area contributed by atoms with Crippen molar-refractivity contribution in [1.82, 2.24) is 30.0 Å². The molecule has 1 aromatic carbocycles. The van der Waals surface area contributed by atoms with E-state index in [1.807, 2.05) is 47.4 Å². The maximum atomic E-state index is 12.8. The molecule has 0 spiro atoms. The largest absolute Gasteiger partial charge is 0.342 e. The average molecular weight is 402 g/mol. The third-order valence-electron chi connectivity index (χ3n) is 5.48. The summed E-state index contributed by atoms with van der Waals surface area (Å²) < 4.78 is 5.29. The Kier molecular flexibility index (Phi) is 4.96. The molecule has 5 rings (SSSR count). The molecule has 0 saturated carbocycles. The van der Waals surface area contributed by atoms with Crippen molar-refractivity contribution in [2.75, 3.05) is 13.1 Å². The number of aryl methyl sites for hydroxylation is 1. The summed E-state index contributed by atoms with van der Waals surface area (Å²) in [6.07, 6.45) is 4.45. The van der Waals surface area contributed by atoms with Crippen LogP contribution < -0.4 is 0 Å². The van der Waals surface area contributed by atoms with Gasteiger partial charge in [0.05, 0.1) is 11.0 Å². The fraction of sp³-hybridized carbons (Fsp3) is 0.318. The standard InChI is InChI=1S/C22H22N6O2/c29-20(11-10-19-26-22(27-30-19)18-9-3-4-12-23-18)28-13-5-6-15(14-28)21-24-16-7-1-2-8-17(16)25-21/h1-4,7-9,12,15H,5-6,10-11,13-14H2,(H,24,25)/t15-/m0/s1. The van der Waals surface area contributed by atoms with Gasteiger partial charge in [-0.15, -0.1) is 0 Å². The number of likely N-dealkylation sites (tertiary alicyclic amines) is 1. The Bertz CT molecular complexity index is 1120. The molecule has 1 saturated heterocycles. The van der Waals surface area contributed by atoms with Gasteiger partial charge >= 0.3 is 0 Å². The van der Waals surface area contributed by atoms with Crippen molar-refractivity contribution in [1.29, 1.82) is 0 Å². The van der Waals surface area contributed by atoms with Crippen LogP contribution in [0.3, 0.4) is 0 Å². The summed E-state index contributed by atoms with van der Waals surface area (Å²) in [5, 5.41) is 3.96. The van der Waals surface area contributed by atoms with Gasteiger partial charge in [0.2, 0.25) is 17.6 Å². The smallest absolute Gasteiger partial charge is 0.227 e. The number of hydrogen-bond acceptors (Lipinski definition) is 6. The van der Waals surface area contributed by atoms with E-state index in [9.17, 15) is 4.79 Å². The molecule has 1 aliphatic heterocycles. The molecule has 0 aliphatic carbocycles. The fourth-order valence-electron chi connectivity index (χ4n) is 3.92. The molecule has 30 heavy (non-hydrogen) atoms. The SMILES string of the molecule is O=C(CCc1nc(-c2ccccn2)no1)N1CCC[C@H](c2nc3ccccc3[nH]2)C1. The van der Waals surface area contributed by atoms with E-state index < -0.39 is 0 Å². The molecular weight excluding hydrogens is 380 g/mol. The Labute approximate surface area is 173 Å². The second-order valence-electron chi connectivity index (χ2n) is 7.54. The van der Waals surface area contributed by atoms with E-state index in [4.69, 9.17) is 9.51 Å². The van der Waals surface area contributed by atoms with Gasteiger partial charge in [-0.1, -0.05) is 23.4 Å². The number of hydrogen-bond donors (Lipinski definition) is 1. The van der Waals surface area contributed by atoms with Gasteiger partial charge < -0.3 is 14.4 Å². The predicted octanol–water partition coefficient (Wildman–Crippen LogP) is 3.35. The number of H-pyrrole nitrogens is 1. The van der Waals surface area contributed by atoms with Gasteiger partial charge in [0, 0.05) is 38.0 Å². The van der Waals surface area contributed by atoms with Crippen LogP contribution in [0.5, 0.6) is 0 Å². The third kappa shape index (κ3) is 3.80. The highest BCUT2D eigenvalue weighted by atomic mass is 16.5. The van der Waals surface area contributed by atoms with Crippen molar-refractivity contribution in [2.45, 2.75) is 31.6 Å². The molecule has 0 unspecified atom stereocenters. The number of nitrogens with zero attached hydrogens (tertiary/aromatic N) is 5. The Hall–Kier alpha value is -3.55. The molecule has 0 radical (unpaired) electrons. The molecule has 4 heterocycles. The van der Waals surface area contributed by atoms with Gasteiger partial charge in [-0.05, 0) is 37.1 Å². The number of amides is 1. The van der Waals surface area contributed by atoms with Crippen LogP contribution in [0, 0.1) is 0 Å². The van der Waals surface area contributed by atoms with E-state index in [-0.39, 0.29) is 11.8 Å². The zero-order valence-corrected chi connectivity index (χ0v) is 16.5. The van der Waals surface area contributed by atoms with E-state index in [0.717, 1.165) is 36.2 Å². The lowest BCUT2D eigenvalue weighted by Gasteiger charge is -2.31. The molecule has 1 amide bonds. The number of para-hydroxylation sites is 2. The van der Waals surface area contributed by atoms with Crippen LogP contribution >= 0.6 is 0 Å². The lowest BCUT2D eigenvalue weighted by molar-refractivity contribution is -0.132. The number of benzene rings is 1. The van der Waals surface area contributed by atoms with E-state index in [1.165, 1.54) is 0 Å². The van der Waals surface area contributed by atoms with Crippen LogP contribution in [-0.4, -0.2) is 49.0 Å². The molecule has 0 bridgehead atoms. The van der Waals surface area contributed by atoms with Gasteiger partial charge in [-0.3, -0.25) is 9.78 Å². The number of rotatable bonds is 5. The molecule has 8 heteroatoms. The van der Waals surface area contributed by atoms with Crippen LogP contribution in [0.2, 0.25) is 0 Å². The van der Waals surface area contributed by atoms with Crippen molar-refractivity contribution in [3.05, 3.63) is 60.4 Å². The maximum absolute atomic E-state index is 12.8. The molecule has 1 N–H and O–H groups in total. The van der Waals surface area contributed by atoms with Gasteiger partial charge in [0.1, 0.15) is 11.5 Å². The minimum absolute atomic E-state index is 0.105. The zero-order valence-electron chi connectivity index (χ0n) is 16.5. The lowest BCUT2D eigenvalue weighted by atomic mass is 9.97. The van der Waals surface area contributed by atoms with Crippen LogP contribution in [0.4, 0.5) is 0 Å². The predicted molar refractivity (Wildman–Crippen MR) is 110 cm³/mol. The first-order chi connectivity index (χ1) is 14.8. The summed E-state index contributed by atoms with van der Waals surface area (Å²) >= 11 is 0. The van der Waals surface area contributed by atoms with E-state index in [1.54, 1.807) is 6.20 Å². The van der Waals surface area contributed by atoms with Crippen molar-refractivity contribution >= 4 is 16.9 Å². The van der Waals surface area contributed by atoms with Crippen LogP contribution in [0.25, 0.3) is 22.6 Å². The summed E-state index contributed by atoms with van der Waals surface area (Å²) in [6, 6.07) is 13.5. The molecule has 8 nitrogen and oxygen atoms in total. The van der Waals surface area contributed by atoms with E-state index in [0.29, 0.717) is 36.8 Å². The minimum Gasteiger partial charge on any atom is -0.342 e. The van der Waals surface area contributed by atoms with Gasteiger partial charge in [0.25, 0.3) is 0 Å². The molecule has 1 fully saturated rings. The summed E-state index contributed by atoms with van der Waals surface area (Å²) in [4.78, 5) is 31.4. The van der Waals surface area contributed by atoms with Crippen molar-refractivity contribution in [2.24, 2.45) is 0 Å². The highest BCUT2D eigenvalue weighted by Gasteiger charge is 2.27. The zero-order chi connectivity index (χ0) is 20.3. The number of fused-ring (bicyclic) bond motifs is 1. The second kappa shape index (κ2) is 8.06. The first kappa shape index (κ1) is 18.5. The molecule has 152 valence electrons. The molecule has 3 aromatic heterocycles. The Morgan fingerprint density at radius 1 is 1.17 bits per heavy atom. The Morgan fingerprint density at radius 2 is 2.07 bits per heavy atom. The summed E-state index contributed by atoms with van der Waals surface area (Å²) in [5.41, 5.74) is 2.66. The summed E-state index contributed by atoms with van der Waals surface area (Å²) in [7, 11) is 0. The third-order valence-corrected chi connectivity index (χ3v) is 5.48. The first-order valence-electron chi connectivity index (χ1n) is 10.2. The Morgan fingerprint density at radius 3 is 2.93 bits per heavy atom. The topological polar surface area (TPSA) is 101 Å². The van der Waals surface area contributed by atoms with E-state index in [2.05, 4.69) is 20.1 Å². The monoisotopic (exact) mass is 402 g/mol. The molecule has 1 aliphatic rings. The fourth-order valence-corrected chi connectivity index (χ4v) is 3.92. The number of piperidine rings is 1. The quantitative estimate of drug-likeness (QED) is 0.549. The van der Waals surface area contributed by atoms with Crippen molar-refractivity contribution in [3.8, 4) is 11.5 Å². The number of nitrogens with one attached hydrogen (secondary N) is 1. The van der Waals surface area contributed by atoms with Crippen molar-refractivity contribution < 1.29 is 9.32 Å². The number of carbonyl (C=O) groups excluding carboxylic acids is 1. The van der Waals surface area contributed by atoms with Crippen LogP contribution in [0.15, 0.2) is 53.2 Å². The van der Waals surface area contributed by atoms with E-state index >= 15 is 0 Å². The first-order valence-corrected chi connectivity index (χ1v) is 10.2. The average Bonchev–Trinajstić information content (AvgIpc) is 3.45. The summed E-state index contributed by atoms with van der Waals surface area (Å²) in [5.74, 6) is 2.20. The highest BCUT2D eigenvalue weighted by molar-refractivity contribution is 5.77. The maximum Gasteiger partial charge on any atom is 0.227 e. The highest BCUT2D eigenvalue weighted by Crippen LogP contribution is 2.27. The summed E-state index contributed by atoms with van der Waals surface area (Å²) in [6.45, 7) is 1.46. The number of aromatic amines is 1. The molecule has 1 atom stereocenters. The van der Waals surface area contributed by atoms with Crippen molar-refractivity contribution in [3.63, 3.8) is 0 Å². The Balaban J connectivity index is 1.20. The molecular formula is C22H22N6O2. The minimum atomic E-state index is 0.105. The van der Waals surface area contributed by atoms with Crippen LogP contribution in [0.1, 0.15) is 36.9 Å².